The van der Waals surface area contributed by atoms with E-state index in [1.807, 2.05) is 0 Å². The number of aliphatic hydroxyl groups is 1. The molecule has 0 aliphatic heterocycles. The van der Waals surface area contributed by atoms with Crippen molar-refractivity contribution >= 4 is 0 Å². The summed E-state index contributed by atoms with van der Waals surface area (Å²) in [5.41, 5.74) is 0. The molecule has 0 aliphatic rings. The molecule has 0 unspecified atom stereocenters. The fourth-order valence-electron chi connectivity index (χ4n) is 1.26. The zero-order valence-corrected chi connectivity index (χ0v) is 9.99. The highest BCUT2D eigenvalue weighted by molar-refractivity contribution is 4.61. The Morgan fingerprint density at radius 3 is 2.21 bits per heavy atom. The molecule has 3 heteroatoms. The summed E-state index contributed by atoms with van der Waals surface area (Å²) in [5, 5.41) is 8.85. The van der Waals surface area contributed by atoms with Gasteiger partial charge < -0.3 is 9.84 Å². The average molecular weight is 203 g/mol. The summed E-state index contributed by atoms with van der Waals surface area (Å²) in [6.07, 6.45) is 0. The highest BCUT2D eigenvalue weighted by Crippen LogP contribution is 1.98. The van der Waals surface area contributed by atoms with Gasteiger partial charge in [0.2, 0.25) is 0 Å². The van der Waals surface area contributed by atoms with Crippen molar-refractivity contribution in [3.8, 4) is 0 Å². The molecule has 0 radical (unpaired) electrons. The van der Waals surface area contributed by atoms with Gasteiger partial charge in [-0.2, -0.15) is 0 Å². The van der Waals surface area contributed by atoms with Crippen molar-refractivity contribution in [2.24, 2.45) is 5.92 Å². The van der Waals surface area contributed by atoms with E-state index >= 15 is 0 Å². The van der Waals surface area contributed by atoms with Gasteiger partial charge in [0.25, 0.3) is 0 Å². The number of rotatable bonds is 8. The Morgan fingerprint density at radius 1 is 1.14 bits per heavy atom. The van der Waals surface area contributed by atoms with Crippen LogP contribution >= 0.6 is 0 Å². The number of hydrogen-bond donors (Lipinski definition) is 1. The van der Waals surface area contributed by atoms with Gasteiger partial charge in [-0.15, -0.1) is 0 Å². The van der Waals surface area contributed by atoms with Crippen LogP contribution in [-0.4, -0.2) is 49.0 Å². The second-order valence-electron chi connectivity index (χ2n) is 4.32. The van der Waals surface area contributed by atoms with Crippen LogP contribution in [0.5, 0.6) is 0 Å². The molecule has 1 N–H and O–H groups in total. The van der Waals surface area contributed by atoms with Gasteiger partial charge >= 0.3 is 0 Å². The minimum atomic E-state index is 0.225. The fourth-order valence-corrected chi connectivity index (χ4v) is 1.26. The van der Waals surface area contributed by atoms with Gasteiger partial charge in [-0.1, -0.05) is 13.8 Å². The molecule has 0 fully saturated rings. The topological polar surface area (TPSA) is 32.7 Å². The maximum atomic E-state index is 8.85. The van der Waals surface area contributed by atoms with Crippen LogP contribution in [0.1, 0.15) is 27.7 Å². The first-order valence-corrected chi connectivity index (χ1v) is 5.50. The number of hydrogen-bond acceptors (Lipinski definition) is 3. The van der Waals surface area contributed by atoms with E-state index in [9.17, 15) is 0 Å². The lowest BCUT2D eigenvalue weighted by Crippen LogP contribution is -2.36. The van der Waals surface area contributed by atoms with Crippen LogP contribution in [-0.2, 0) is 4.74 Å². The van der Waals surface area contributed by atoms with Crippen molar-refractivity contribution in [2.75, 3.05) is 32.9 Å². The van der Waals surface area contributed by atoms with E-state index in [1.165, 1.54) is 0 Å². The molecule has 0 atom stereocenters. The van der Waals surface area contributed by atoms with Crippen LogP contribution in [0.15, 0.2) is 0 Å². The van der Waals surface area contributed by atoms with Crippen LogP contribution in [0.4, 0.5) is 0 Å². The molecule has 3 nitrogen and oxygen atoms in total. The fraction of sp³-hybridized carbons (Fsp3) is 1.00. The van der Waals surface area contributed by atoms with Crippen molar-refractivity contribution < 1.29 is 9.84 Å². The van der Waals surface area contributed by atoms with Gasteiger partial charge in [-0.05, 0) is 19.8 Å². The highest BCUT2D eigenvalue weighted by Gasteiger charge is 2.07. The summed E-state index contributed by atoms with van der Waals surface area (Å²) in [6.45, 7) is 12.0. The Kier molecular flexibility index (Phi) is 8.14. The van der Waals surface area contributed by atoms with Crippen LogP contribution in [0.25, 0.3) is 0 Å². The average Bonchev–Trinajstić information content (AvgIpc) is 2.09. The van der Waals surface area contributed by atoms with Gasteiger partial charge in [-0.3, -0.25) is 4.90 Å². The minimum Gasteiger partial charge on any atom is -0.395 e. The summed E-state index contributed by atoms with van der Waals surface area (Å²) >= 11 is 0. The Labute approximate surface area is 88.1 Å². The molecule has 86 valence electrons. The summed E-state index contributed by atoms with van der Waals surface area (Å²) in [4.78, 5) is 2.22. The van der Waals surface area contributed by atoms with Crippen molar-refractivity contribution in [1.29, 1.82) is 0 Å². The predicted molar refractivity (Wildman–Crippen MR) is 59.5 cm³/mol. The molecular formula is C11H25NO2. The lowest BCUT2D eigenvalue weighted by molar-refractivity contribution is 0.0697. The van der Waals surface area contributed by atoms with E-state index in [0.29, 0.717) is 12.0 Å². The Balaban J connectivity index is 3.50. The quantitative estimate of drug-likeness (QED) is 0.605. The maximum absolute atomic E-state index is 8.85. The zero-order valence-electron chi connectivity index (χ0n) is 9.99. The molecule has 0 spiro atoms. The first-order valence-electron chi connectivity index (χ1n) is 5.50. The van der Waals surface area contributed by atoms with E-state index in [4.69, 9.17) is 9.84 Å². The van der Waals surface area contributed by atoms with E-state index in [0.717, 1.165) is 26.3 Å². The van der Waals surface area contributed by atoms with E-state index < -0.39 is 0 Å². The van der Waals surface area contributed by atoms with Gasteiger partial charge in [-0.25, -0.2) is 0 Å². The SMILES string of the molecule is CC(C)COCCN(CCO)C(C)C. The van der Waals surface area contributed by atoms with Gasteiger partial charge in [0.1, 0.15) is 0 Å². The standard InChI is InChI=1S/C11H25NO2/c1-10(2)9-14-8-6-12(5-7-13)11(3)4/h10-11,13H,5-9H2,1-4H3. The van der Waals surface area contributed by atoms with Gasteiger partial charge in [0, 0.05) is 25.7 Å². The largest absolute Gasteiger partial charge is 0.395 e. The van der Waals surface area contributed by atoms with Crippen molar-refractivity contribution in [3.63, 3.8) is 0 Å². The first-order chi connectivity index (χ1) is 6.57. The molecule has 0 heterocycles. The van der Waals surface area contributed by atoms with Crippen LogP contribution in [0, 0.1) is 5.92 Å². The summed E-state index contributed by atoms with van der Waals surface area (Å²) in [5.74, 6) is 0.598. The summed E-state index contributed by atoms with van der Waals surface area (Å²) in [6, 6.07) is 0.477. The second kappa shape index (κ2) is 8.21. The number of ether oxygens (including phenoxy) is 1. The summed E-state index contributed by atoms with van der Waals surface area (Å²) < 4.78 is 5.50. The Bertz CT molecular complexity index is 126. The lowest BCUT2D eigenvalue weighted by atomic mass is 10.2. The van der Waals surface area contributed by atoms with Crippen LogP contribution in [0.2, 0.25) is 0 Å². The van der Waals surface area contributed by atoms with E-state index in [1.54, 1.807) is 0 Å². The third-order valence-corrected chi connectivity index (χ3v) is 2.09. The zero-order chi connectivity index (χ0) is 11.0. The van der Waals surface area contributed by atoms with Gasteiger partial charge in [0.15, 0.2) is 0 Å². The molecular weight excluding hydrogens is 178 g/mol. The second-order valence-corrected chi connectivity index (χ2v) is 4.32. The molecule has 0 aromatic rings. The van der Waals surface area contributed by atoms with Gasteiger partial charge in [0.05, 0.1) is 13.2 Å². The van der Waals surface area contributed by atoms with Crippen molar-refractivity contribution in [3.05, 3.63) is 0 Å². The predicted octanol–water partition coefficient (Wildman–Crippen LogP) is 1.36. The van der Waals surface area contributed by atoms with E-state index in [2.05, 4.69) is 32.6 Å². The molecule has 0 saturated carbocycles. The van der Waals surface area contributed by atoms with Crippen LogP contribution in [0.3, 0.4) is 0 Å². The third-order valence-electron chi connectivity index (χ3n) is 2.09. The molecule has 0 bridgehead atoms. The minimum absolute atomic E-state index is 0.225. The number of nitrogens with zero attached hydrogens (tertiary/aromatic N) is 1. The lowest BCUT2D eigenvalue weighted by Gasteiger charge is -2.25. The normalized spacial score (nSPS) is 12.0. The molecule has 0 saturated heterocycles. The van der Waals surface area contributed by atoms with E-state index in [-0.39, 0.29) is 6.61 Å². The molecule has 0 aliphatic carbocycles. The maximum Gasteiger partial charge on any atom is 0.0593 e. The molecule has 0 amide bonds. The Hall–Kier alpha value is -0.120. The molecule has 0 rings (SSSR count). The van der Waals surface area contributed by atoms with Crippen molar-refractivity contribution in [1.82, 2.24) is 4.90 Å². The van der Waals surface area contributed by atoms with Crippen LogP contribution < -0.4 is 0 Å². The molecule has 0 aromatic carbocycles. The summed E-state index contributed by atoms with van der Waals surface area (Å²) in [7, 11) is 0. The van der Waals surface area contributed by atoms with Crippen molar-refractivity contribution in [2.45, 2.75) is 33.7 Å². The monoisotopic (exact) mass is 203 g/mol. The molecule has 14 heavy (non-hydrogen) atoms. The number of aliphatic hydroxyl groups excluding tert-OH is 1. The third kappa shape index (κ3) is 7.30. The first kappa shape index (κ1) is 13.9. The smallest absolute Gasteiger partial charge is 0.0593 e. The highest BCUT2D eigenvalue weighted by atomic mass is 16.5. The molecule has 0 aromatic heterocycles. The Morgan fingerprint density at radius 2 is 1.79 bits per heavy atom.